The monoisotopic (exact) mass is 618 g/mol. The summed E-state index contributed by atoms with van der Waals surface area (Å²) in [7, 11) is -3.96. The van der Waals surface area contributed by atoms with Gasteiger partial charge in [0.15, 0.2) is 27.3 Å². The van der Waals surface area contributed by atoms with Crippen molar-refractivity contribution in [2.75, 3.05) is 11.9 Å². The van der Waals surface area contributed by atoms with Crippen LogP contribution in [0.2, 0.25) is 5.02 Å². The summed E-state index contributed by atoms with van der Waals surface area (Å²) in [4.78, 5) is 18.9. The fourth-order valence-electron chi connectivity index (χ4n) is 7.21. The Bertz CT molecular complexity index is 1600. The second-order valence-electron chi connectivity index (χ2n) is 11.7. The van der Waals surface area contributed by atoms with E-state index in [0.29, 0.717) is 38.1 Å². The lowest BCUT2D eigenvalue weighted by atomic mass is 9.69. The molecule has 222 valence electrons. The second-order valence-corrected chi connectivity index (χ2v) is 14.2. The number of hydroxylamine groups is 2. The van der Waals surface area contributed by atoms with Crippen LogP contribution in [0.5, 0.6) is 0 Å². The molecule has 3 unspecified atom stereocenters. The van der Waals surface area contributed by atoms with E-state index in [1.165, 1.54) is 18.2 Å². The normalized spacial score (nSPS) is 27.5. The molecule has 5 atom stereocenters. The van der Waals surface area contributed by atoms with E-state index in [2.05, 4.69) is 29.4 Å². The van der Waals surface area contributed by atoms with Crippen LogP contribution in [0, 0.1) is 35.2 Å². The molecule has 11 heteroatoms. The van der Waals surface area contributed by atoms with Gasteiger partial charge in [0, 0.05) is 35.8 Å². The van der Waals surface area contributed by atoms with Crippen molar-refractivity contribution in [3.05, 3.63) is 94.3 Å². The standard InChI is InChI=1S/C31H30ClF3N2O4S/c1-18-17-41-37(16-19-5-3-2-4-6-19)31(18)14-21-7-8-22(15-31)29(21)42(39,40)27-11-20(9-10-24(27)32)30(38)36-23-12-25(33)28(35)26(34)13-23/h2-6,9-13,18,21-22,29H,7-8,14-17H2,1H3,(H,36,38)/t18?,21-,22?,29?,31+/m1/s1. The molecule has 42 heavy (non-hydrogen) atoms. The van der Waals surface area contributed by atoms with Crippen LogP contribution in [0.1, 0.15) is 48.5 Å². The third-order valence-electron chi connectivity index (χ3n) is 9.23. The Morgan fingerprint density at radius 1 is 1.02 bits per heavy atom. The molecular formula is C31H30ClF3N2O4S. The van der Waals surface area contributed by atoms with Gasteiger partial charge in [-0.1, -0.05) is 48.9 Å². The average Bonchev–Trinajstić information content (AvgIpc) is 3.41. The van der Waals surface area contributed by atoms with E-state index in [1.807, 2.05) is 18.2 Å². The van der Waals surface area contributed by atoms with Crippen LogP contribution in [0.25, 0.3) is 0 Å². The lowest BCUT2D eigenvalue weighted by molar-refractivity contribution is -0.185. The Hall–Kier alpha value is -2.92. The van der Waals surface area contributed by atoms with Crippen LogP contribution in [-0.2, 0) is 21.2 Å². The number of nitrogens with zero attached hydrogens (tertiary/aromatic N) is 1. The topological polar surface area (TPSA) is 75.7 Å². The highest BCUT2D eigenvalue weighted by Gasteiger charge is 2.60. The molecule has 0 radical (unpaired) electrons. The van der Waals surface area contributed by atoms with Crippen LogP contribution >= 0.6 is 11.6 Å². The molecule has 6 nitrogen and oxygen atoms in total. The summed E-state index contributed by atoms with van der Waals surface area (Å²) < 4.78 is 69.0. The zero-order valence-corrected chi connectivity index (χ0v) is 24.4. The fourth-order valence-corrected chi connectivity index (χ4v) is 10.0. The highest BCUT2D eigenvalue weighted by Crippen LogP contribution is 2.57. The number of sulfone groups is 1. The molecule has 1 N–H and O–H groups in total. The van der Waals surface area contributed by atoms with E-state index < -0.39 is 38.4 Å². The molecule has 1 amide bonds. The van der Waals surface area contributed by atoms with Gasteiger partial charge in [-0.15, -0.1) is 0 Å². The van der Waals surface area contributed by atoms with Crippen LogP contribution < -0.4 is 5.32 Å². The zero-order chi connectivity index (χ0) is 29.8. The predicted molar refractivity (Wildman–Crippen MR) is 152 cm³/mol. The van der Waals surface area contributed by atoms with Gasteiger partial charge in [-0.05, 0) is 61.3 Å². The van der Waals surface area contributed by atoms with E-state index in [9.17, 15) is 26.4 Å². The van der Waals surface area contributed by atoms with E-state index in [-0.39, 0.29) is 44.5 Å². The van der Waals surface area contributed by atoms with Gasteiger partial charge in [-0.2, -0.15) is 5.06 Å². The smallest absolute Gasteiger partial charge is 0.255 e. The lowest BCUT2D eigenvalue weighted by Crippen LogP contribution is -2.55. The SMILES string of the molecule is CC1CON(Cc2ccccc2)[C@@]12CC1CC[C@H](C2)C1S(=O)(=O)c1cc(C(=O)Nc2cc(F)c(F)c(F)c2)ccc1Cl. The van der Waals surface area contributed by atoms with Gasteiger partial charge in [0.25, 0.3) is 5.91 Å². The minimum Gasteiger partial charge on any atom is -0.322 e. The van der Waals surface area contributed by atoms with Crippen molar-refractivity contribution < 1.29 is 31.2 Å². The predicted octanol–water partition coefficient (Wildman–Crippen LogP) is 6.79. The zero-order valence-electron chi connectivity index (χ0n) is 22.8. The van der Waals surface area contributed by atoms with E-state index in [4.69, 9.17) is 16.4 Å². The van der Waals surface area contributed by atoms with Gasteiger partial charge in [-0.3, -0.25) is 9.63 Å². The molecule has 3 aromatic rings. The van der Waals surface area contributed by atoms with Crippen LogP contribution in [0.3, 0.4) is 0 Å². The van der Waals surface area contributed by atoms with Gasteiger partial charge in [0.05, 0.1) is 27.3 Å². The van der Waals surface area contributed by atoms with Gasteiger partial charge in [0.1, 0.15) is 0 Å². The number of anilines is 1. The number of benzene rings is 3. The van der Waals surface area contributed by atoms with Crippen molar-refractivity contribution >= 4 is 33.0 Å². The number of rotatable bonds is 6. The highest BCUT2D eigenvalue weighted by molar-refractivity contribution is 7.92. The van der Waals surface area contributed by atoms with Crippen molar-refractivity contribution in [3.63, 3.8) is 0 Å². The van der Waals surface area contributed by atoms with Crippen molar-refractivity contribution in [1.29, 1.82) is 0 Å². The summed E-state index contributed by atoms with van der Waals surface area (Å²) in [5.74, 6) is -5.39. The first kappa shape index (κ1) is 29.2. The maximum atomic E-state index is 14.2. The quantitative estimate of drug-likeness (QED) is 0.308. The van der Waals surface area contributed by atoms with Crippen LogP contribution in [0.4, 0.5) is 18.9 Å². The number of nitrogens with one attached hydrogen (secondary N) is 1. The largest absolute Gasteiger partial charge is 0.322 e. The number of carbonyl (C=O) groups is 1. The van der Waals surface area contributed by atoms with Crippen molar-refractivity contribution in [1.82, 2.24) is 5.06 Å². The Balaban J connectivity index is 1.26. The number of amides is 1. The van der Waals surface area contributed by atoms with Crippen molar-refractivity contribution in [3.8, 4) is 0 Å². The van der Waals surface area contributed by atoms with E-state index >= 15 is 0 Å². The first-order chi connectivity index (χ1) is 20.0. The summed E-state index contributed by atoms with van der Waals surface area (Å²) in [5.41, 5.74) is 0.480. The first-order valence-electron chi connectivity index (χ1n) is 13.9. The minimum atomic E-state index is -3.96. The number of halogens is 4. The highest BCUT2D eigenvalue weighted by atomic mass is 35.5. The van der Waals surface area contributed by atoms with Gasteiger partial charge in [-0.25, -0.2) is 21.6 Å². The van der Waals surface area contributed by atoms with E-state index in [0.717, 1.165) is 18.4 Å². The summed E-state index contributed by atoms with van der Waals surface area (Å²) in [6.45, 7) is 3.36. The number of hydrogen-bond donors (Lipinski definition) is 1. The third-order valence-corrected chi connectivity index (χ3v) is 12.1. The second kappa shape index (κ2) is 11.0. The Kier molecular flexibility index (Phi) is 7.62. The number of carbonyl (C=O) groups excluding carboxylic acids is 1. The summed E-state index contributed by atoms with van der Waals surface area (Å²) in [5, 5.41) is 3.70. The molecule has 6 rings (SSSR count). The number of fused-ring (bicyclic) bond motifs is 2. The average molecular weight is 619 g/mol. The number of hydrogen-bond acceptors (Lipinski definition) is 5. The van der Waals surface area contributed by atoms with Crippen LogP contribution in [-0.4, -0.2) is 36.8 Å². The molecule has 1 saturated heterocycles. The molecule has 3 fully saturated rings. The van der Waals surface area contributed by atoms with Crippen molar-refractivity contribution in [2.45, 2.75) is 54.8 Å². The molecule has 3 aromatic carbocycles. The van der Waals surface area contributed by atoms with Gasteiger partial charge >= 0.3 is 0 Å². The Morgan fingerprint density at radius 2 is 1.67 bits per heavy atom. The maximum absolute atomic E-state index is 14.2. The molecule has 2 bridgehead atoms. The molecule has 1 spiro atoms. The van der Waals surface area contributed by atoms with Gasteiger partial charge < -0.3 is 5.32 Å². The molecule has 0 aromatic heterocycles. The minimum absolute atomic E-state index is 0.00613. The molecule has 1 aliphatic heterocycles. The van der Waals surface area contributed by atoms with E-state index in [1.54, 1.807) is 0 Å². The first-order valence-corrected chi connectivity index (χ1v) is 15.9. The molecule has 2 aliphatic carbocycles. The molecule has 1 heterocycles. The van der Waals surface area contributed by atoms with Crippen LogP contribution in [0.15, 0.2) is 65.6 Å². The van der Waals surface area contributed by atoms with Crippen molar-refractivity contribution in [2.24, 2.45) is 17.8 Å². The third kappa shape index (κ3) is 5.02. The fraction of sp³-hybridized carbons (Fsp3) is 0.387. The van der Waals surface area contributed by atoms with Gasteiger partial charge in [0.2, 0.25) is 0 Å². The molecule has 3 aliphatic rings. The Morgan fingerprint density at radius 3 is 2.31 bits per heavy atom. The Labute approximate surface area is 247 Å². The summed E-state index contributed by atoms with van der Waals surface area (Å²) in [6, 6.07) is 15.2. The summed E-state index contributed by atoms with van der Waals surface area (Å²) in [6.07, 6.45) is 2.87. The maximum Gasteiger partial charge on any atom is 0.255 e. The summed E-state index contributed by atoms with van der Waals surface area (Å²) >= 11 is 6.42. The molecule has 2 saturated carbocycles. The lowest BCUT2D eigenvalue weighted by Gasteiger charge is -2.47. The molecular weight excluding hydrogens is 589 g/mol.